The topological polar surface area (TPSA) is 64.9 Å². The zero-order valence-corrected chi connectivity index (χ0v) is 11.5. The van der Waals surface area contributed by atoms with Crippen LogP contribution in [0.4, 0.5) is 0 Å². The Morgan fingerprint density at radius 1 is 1.20 bits per heavy atom. The van der Waals surface area contributed by atoms with Crippen molar-refractivity contribution in [3.05, 3.63) is 47.1 Å². The lowest BCUT2D eigenvalue weighted by atomic mass is 9.77. The minimum atomic E-state index is 0.286. The summed E-state index contributed by atoms with van der Waals surface area (Å²) in [4.78, 5) is 4.66. The van der Waals surface area contributed by atoms with Gasteiger partial charge in [-0.3, -0.25) is 0 Å². The average molecular weight is 269 g/mol. The fourth-order valence-corrected chi connectivity index (χ4v) is 3.50. The number of fused-ring (bicyclic) bond motifs is 1. The van der Waals surface area contributed by atoms with Crippen LogP contribution in [0.25, 0.3) is 0 Å². The highest BCUT2D eigenvalue weighted by Gasteiger charge is 2.32. The molecular formula is C16H19N3O. The zero-order chi connectivity index (χ0) is 13.5. The first-order valence-corrected chi connectivity index (χ1v) is 7.48. The van der Waals surface area contributed by atoms with E-state index in [0.29, 0.717) is 11.8 Å². The van der Waals surface area contributed by atoms with E-state index in [1.54, 1.807) is 0 Å². The van der Waals surface area contributed by atoms with E-state index < -0.39 is 0 Å². The fraction of sp³-hybridized carbons (Fsp3) is 0.500. The quantitative estimate of drug-likeness (QED) is 0.910. The molecule has 1 heterocycles. The first-order chi connectivity index (χ1) is 9.81. The average Bonchev–Trinajstić information content (AvgIpc) is 2.90. The van der Waals surface area contributed by atoms with Crippen molar-refractivity contribution in [3.8, 4) is 0 Å². The van der Waals surface area contributed by atoms with Gasteiger partial charge in [-0.2, -0.15) is 4.98 Å². The lowest BCUT2D eigenvalue weighted by Crippen LogP contribution is -2.27. The van der Waals surface area contributed by atoms with E-state index in [4.69, 9.17) is 10.3 Å². The maximum atomic E-state index is 6.04. The normalized spacial score (nSPS) is 28.8. The third-order valence-electron chi connectivity index (χ3n) is 4.69. The van der Waals surface area contributed by atoms with Gasteiger partial charge in [-0.25, -0.2) is 0 Å². The van der Waals surface area contributed by atoms with Gasteiger partial charge < -0.3 is 10.3 Å². The first kappa shape index (κ1) is 12.1. The predicted molar refractivity (Wildman–Crippen MR) is 75.5 cm³/mol. The Kier molecular flexibility index (Phi) is 2.84. The molecule has 3 atom stereocenters. The first-order valence-electron chi connectivity index (χ1n) is 7.48. The summed E-state index contributed by atoms with van der Waals surface area (Å²) >= 11 is 0. The SMILES string of the molecule is NC1CCCC(c2nc(C3Cc4ccccc43)no2)C1. The van der Waals surface area contributed by atoms with E-state index in [9.17, 15) is 0 Å². The van der Waals surface area contributed by atoms with Crippen LogP contribution in [-0.4, -0.2) is 16.2 Å². The van der Waals surface area contributed by atoms with Gasteiger partial charge in [0.25, 0.3) is 0 Å². The van der Waals surface area contributed by atoms with Crippen molar-refractivity contribution in [2.75, 3.05) is 0 Å². The molecule has 3 unspecified atom stereocenters. The second-order valence-corrected chi connectivity index (χ2v) is 6.07. The summed E-state index contributed by atoms with van der Waals surface area (Å²) in [5.41, 5.74) is 8.79. The maximum Gasteiger partial charge on any atom is 0.229 e. The smallest absolute Gasteiger partial charge is 0.229 e. The Bertz CT molecular complexity index is 622. The number of nitrogens with two attached hydrogens (primary N) is 1. The van der Waals surface area contributed by atoms with Crippen LogP contribution < -0.4 is 5.73 Å². The Balaban J connectivity index is 1.55. The summed E-state index contributed by atoms with van der Waals surface area (Å²) in [7, 11) is 0. The maximum absolute atomic E-state index is 6.04. The molecule has 0 radical (unpaired) electrons. The summed E-state index contributed by atoms with van der Waals surface area (Å²) in [6.45, 7) is 0. The van der Waals surface area contributed by atoms with Crippen LogP contribution in [0, 0.1) is 0 Å². The lowest BCUT2D eigenvalue weighted by Gasteiger charge is -2.27. The largest absolute Gasteiger partial charge is 0.339 e. The molecule has 2 N–H and O–H groups in total. The summed E-state index contributed by atoms with van der Waals surface area (Å²) in [6, 6.07) is 8.78. The molecule has 1 aromatic carbocycles. The molecule has 0 spiro atoms. The molecule has 0 bridgehead atoms. The molecule has 0 amide bonds. The Labute approximate surface area is 118 Å². The number of hydrogen-bond acceptors (Lipinski definition) is 4. The molecule has 20 heavy (non-hydrogen) atoms. The van der Waals surface area contributed by atoms with E-state index in [1.165, 1.54) is 11.1 Å². The lowest BCUT2D eigenvalue weighted by molar-refractivity contribution is 0.297. The third kappa shape index (κ3) is 1.95. The summed E-state index contributed by atoms with van der Waals surface area (Å²) in [5, 5.41) is 4.21. The zero-order valence-electron chi connectivity index (χ0n) is 11.5. The van der Waals surface area contributed by atoms with Crippen LogP contribution in [0.15, 0.2) is 28.8 Å². The van der Waals surface area contributed by atoms with Crippen molar-refractivity contribution in [2.24, 2.45) is 5.73 Å². The molecule has 0 saturated heterocycles. The van der Waals surface area contributed by atoms with Gasteiger partial charge in [-0.15, -0.1) is 0 Å². The van der Waals surface area contributed by atoms with Gasteiger partial charge in [0, 0.05) is 12.0 Å². The van der Waals surface area contributed by atoms with Gasteiger partial charge in [-0.1, -0.05) is 35.8 Å². The van der Waals surface area contributed by atoms with Crippen LogP contribution in [0.1, 0.15) is 60.4 Å². The van der Waals surface area contributed by atoms with Crippen molar-refractivity contribution in [1.29, 1.82) is 0 Å². The van der Waals surface area contributed by atoms with E-state index >= 15 is 0 Å². The third-order valence-corrected chi connectivity index (χ3v) is 4.69. The molecule has 104 valence electrons. The molecule has 0 aliphatic heterocycles. The Hall–Kier alpha value is -1.68. The summed E-state index contributed by atoms with van der Waals surface area (Å²) < 4.78 is 5.51. The van der Waals surface area contributed by atoms with E-state index in [-0.39, 0.29) is 6.04 Å². The van der Waals surface area contributed by atoms with Gasteiger partial charge >= 0.3 is 0 Å². The molecule has 4 rings (SSSR count). The Morgan fingerprint density at radius 3 is 2.95 bits per heavy atom. The van der Waals surface area contributed by atoms with E-state index in [0.717, 1.165) is 43.8 Å². The van der Waals surface area contributed by atoms with E-state index in [1.807, 2.05) is 0 Å². The van der Waals surface area contributed by atoms with Crippen molar-refractivity contribution in [3.63, 3.8) is 0 Å². The number of nitrogens with zero attached hydrogens (tertiary/aromatic N) is 2. The van der Waals surface area contributed by atoms with Gasteiger partial charge in [0.1, 0.15) is 0 Å². The summed E-state index contributed by atoms with van der Waals surface area (Å²) in [6.07, 6.45) is 5.40. The summed E-state index contributed by atoms with van der Waals surface area (Å²) in [5.74, 6) is 2.31. The van der Waals surface area contributed by atoms with Gasteiger partial charge in [0.05, 0.1) is 5.92 Å². The highest BCUT2D eigenvalue weighted by molar-refractivity contribution is 5.43. The van der Waals surface area contributed by atoms with Crippen LogP contribution in [0.3, 0.4) is 0 Å². The molecule has 2 aliphatic carbocycles. The second kappa shape index (κ2) is 4.70. The van der Waals surface area contributed by atoms with Crippen molar-refractivity contribution < 1.29 is 4.52 Å². The molecule has 4 heteroatoms. The van der Waals surface area contributed by atoms with Gasteiger partial charge in [0.2, 0.25) is 5.89 Å². The highest BCUT2D eigenvalue weighted by atomic mass is 16.5. The number of aromatic nitrogens is 2. The van der Waals surface area contributed by atoms with Gasteiger partial charge in [0.15, 0.2) is 5.82 Å². The number of hydrogen-bond donors (Lipinski definition) is 1. The fourth-order valence-electron chi connectivity index (χ4n) is 3.50. The molecule has 1 saturated carbocycles. The van der Waals surface area contributed by atoms with Crippen LogP contribution in [0.5, 0.6) is 0 Å². The number of benzene rings is 1. The van der Waals surface area contributed by atoms with Gasteiger partial charge in [-0.05, 0) is 36.8 Å². The van der Waals surface area contributed by atoms with E-state index in [2.05, 4.69) is 34.4 Å². The molecule has 2 aromatic rings. The van der Waals surface area contributed by atoms with Crippen molar-refractivity contribution in [1.82, 2.24) is 10.1 Å². The highest BCUT2D eigenvalue weighted by Crippen LogP contribution is 2.39. The van der Waals surface area contributed by atoms with Crippen molar-refractivity contribution >= 4 is 0 Å². The molecule has 1 aromatic heterocycles. The molecular weight excluding hydrogens is 250 g/mol. The molecule has 2 aliphatic rings. The van der Waals surface area contributed by atoms with Crippen LogP contribution in [0.2, 0.25) is 0 Å². The Morgan fingerprint density at radius 2 is 2.10 bits per heavy atom. The second-order valence-electron chi connectivity index (χ2n) is 6.07. The number of rotatable bonds is 2. The standard InChI is InChI=1S/C16H19N3O/c17-12-6-3-5-11(8-12)16-18-15(19-20-16)14-9-10-4-1-2-7-13(10)14/h1-2,4,7,11-12,14H,3,5-6,8-9,17H2. The predicted octanol–water partition coefficient (Wildman–Crippen LogP) is 2.74. The minimum Gasteiger partial charge on any atom is -0.339 e. The van der Waals surface area contributed by atoms with Crippen molar-refractivity contribution in [2.45, 2.75) is 50.0 Å². The van der Waals surface area contributed by atoms with Crippen LogP contribution in [-0.2, 0) is 6.42 Å². The van der Waals surface area contributed by atoms with Crippen LogP contribution >= 0.6 is 0 Å². The minimum absolute atomic E-state index is 0.286. The molecule has 1 fully saturated rings. The molecule has 4 nitrogen and oxygen atoms in total. The monoisotopic (exact) mass is 269 g/mol.